The molecule has 0 saturated heterocycles. The normalized spacial score (nSPS) is 28.0. The molecule has 132 valence electrons. The van der Waals surface area contributed by atoms with E-state index in [0.29, 0.717) is 16.9 Å². The number of rotatable bonds is 4. The molecule has 1 aliphatic heterocycles. The molecule has 1 aromatic rings. The van der Waals surface area contributed by atoms with Crippen LogP contribution in [0.25, 0.3) is 0 Å². The Bertz CT molecular complexity index is 757. The number of amides is 2. The summed E-state index contributed by atoms with van der Waals surface area (Å²) in [6, 6.07) is 9.38. The minimum absolute atomic E-state index is 0.279. The zero-order valence-electron chi connectivity index (χ0n) is 14.2. The number of alkyl halides is 1. The zero-order valence-corrected chi connectivity index (χ0v) is 14.2. The van der Waals surface area contributed by atoms with E-state index in [1.807, 2.05) is 30.3 Å². The number of allylic oxidation sites excluding steroid dienone is 1. The fourth-order valence-electron chi connectivity index (χ4n) is 3.74. The molecule has 2 amide bonds. The molecule has 5 nitrogen and oxygen atoms in total. The quantitative estimate of drug-likeness (QED) is 0.874. The minimum atomic E-state index is -0.727. The molecule has 0 fully saturated rings. The van der Waals surface area contributed by atoms with Crippen molar-refractivity contribution in [1.29, 1.82) is 0 Å². The highest BCUT2D eigenvalue weighted by Crippen LogP contribution is 2.48. The van der Waals surface area contributed by atoms with Crippen LogP contribution in [0.15, 0.2) is 53.3 Å². The number of primary amides is 1. The lowest BCUT2D eigenvalue weighted by Crippen LogP contribution is -2.38. The molecule has 3 rings (SSSR count). The Balaban J connectivity index is 2.16. The molecule has 25 heavy (non-hydrogen) atoms. The van der Waals surface area contributed by atoms with E-state index in [9.17, 15) is 14.0 Å². The second-order valence-corrected chi connectivity index (χ2v) is 6.36. The molecule has 0 bridgehead atoms. The Kier molecular flexibility index (Phi) is 4.61. The number of nitrogens with two attached hydrogens (primary N) is 1. The second kappa shape index (κ2) is 6.70. The van der Waals surface area contributed by atoms with E-state index < -0.39 is 30.5 Å². The van der Waals surface area contributed by atoms with Gasteiger partial charge in [0.25, 0.3) is 0 Å². The van der Waals surface area contributed by atoms with Gasteiger partial charge in [-0.1, -0.05) is 37.3 Å². The molecule has 1 aromatic carbocycles. The number of ether oxygens (including phenoxy) is 1. The number of hydrogen-bond donors (Lipinski definition) is 2. The number of carbonyl (C=O) groups is 2. The highest BCUT2D eigenvalue weighted by atomic mass is 19.1. The molecule has 4 atom stereocenters. The summed E-state index contributed by atoms with van der Waals surface area (Å²) in [5.41, 5.74) is 7.41. The molecule has 1 heterocycles. The first-order valence-electron chi connectivity index (χ1n) is 8.24. The van der Waals surface area contributed by atoms with Crippen LogP contribution in [0.2, 0.25) is 0 Å². The van der Waals surface area contributed by atoms with Crippen molar-refractivity contribution in [1.82, 2.24) is 5.32 Å². The average molecular weight is 344 g/mol. The Labute approximate surface area is 145 Å². The van der Waals surface area contributed by atoms with Crippen LogP contribution in [0.5, 0.6) is 0 Å². The first-order chi connectivity index (χ1) is 12.0. The van der Waals surface area contributed by atoms with Gasteiger partial charge in [0.1, 0.15) is 24.5 Å². The van der Waals surface area contributed by atoms with Crippen LogP contribution in [0.3, 0.4) is 0 Å². The van der Waals surface area contributed by atoms with Gasteiger partial charge in [0.15, 0.2) is 0 Å². The molecule has 0 radical (unpaired) electrons. The van der Waals surface area contributed by atoms with Gasteiger partial charge in [0.05, 0.1) is 5.92 Å². The summed E-state index contributed by atoms with van der Waals surface area (Å²) in [7, 11) is 1.52. The van der Waals surface area contributed by atoms with Gasteiger partial charge in [-0.15, -0.1) is 0 Å². The fraction of sp³-hybridized carbons (Fsp3) is 0.368. The highest BCUT2D eigenvalue weighted by Gasteiger charge is 2.47. The van der Waals surface area contributed by atoms with E-state index in [4.69, 9.17) is 10.5 Å². The number of halogens is 1. The topological polar surface area (TPSA) is 81.4 Å². The summed E-state index contributed by atoms with van der Waals surface area (Å²) in [5, 5.41) is 2.60. The molecule has 3 unspecified atom stereocenters. The van der Waals surface area contributed by atoms with Crippen LogP contribution < -0.4 is 11.1 Å². The van der Waals surface area contributed by atoms with Gasteiger partial charge in [-0.2, -0.15) is 0 Å². The van der Waals surface area contributed by atoms with Gasteiger partial charge in [-0.25, -0.2) is 4.39 Å². The predicted octanol–water partition coefficient (Wildman–Crippen LogP) is 1.82. The molecule has 6 heteroatoms. The Morgan fingerprint density at radius 1 is 1.28 bits per heavy atom. The number of carbonyl (C=O) groups excluding carboxylic acids is 2. The minimum Gasteiger partial charge on any atom is -0.490 e. The van der Waals surface area contributed by atoms with Crippen LogP contribution in [0.4, 0.5) is 4.39 Å². The van der Waals surface area contributed by atoms with Gasteiger partial charge in [-0.05, 0) is 11.6 Å². The second-order valence-electron chi connectivity index (χ2n) is 6.36. The van der Waals surface area contributed by atoms with Crippen molar-refractivity contribution in [2.75, 3.05) is 13.7 Å². The van der Waals surface area contributed by atoms with E-state index in [2.05, 4.69) is 5.32 Å². The summed E-state index contributed by atoms with van der Waals surface area (Å²) in [5.74, 6) is -1.94. The van der Waals surface area contributed by atoms with Crippen molar-refractivity contribution in [3.05, 3.63) is 58.9 Å². The lowest BCUT2D eigenvalue weighted by atomic mass is 9.75. The third kappa shape index (κ3) is 2.81. The lowest BCUT2D eigenvalue weighted by Gasteiger charge is -2.28. The summed E-state index contributed by atoms with van der Waals surface area (Å²) >= 11 is 0. The molecular weight excluding hydrogens is 323 g/mol. The molecule has 0 spiro atoms. The standard InChI is InChI=1S/C19H21FN2O3/c1-10-12(18(21)23)8-13-16(11-6-4-3-5-7-11)14(9-20)25-17(13)15(10)19(24)22-2/h3-8,10,14-16H,9H2,1-2H3,(H2,21,23)(H,22,24)/t10?,14?,15?,16-/m0/s1. The lowest BCUT2D eigenvalue weighted by molar-refractivity contribution is -0.126. The van der Waals surface area contributed by atoms with Gasteiger partial charge >= 0.3 is 0 Å². The van der Waals surface area contributed by atoms with Crippen LogP contribution in [-0.4, -0.2) is 31.6 Å². The van der Waals surface area contributed by atoms with Crippen molar-refractivity contribution in [3.8, 4) is 0 Å². The first kappa shape index (κ1) is 17.2. The monoisotopic (exact) mass is 344 g/mol. The van der Waals surface area contributed by atoms with Crippen molar-refractivity contribution in [2.45, 2.75) is 18.9 Å². The summed E-state index contributed by atoms with van der Waals surface area (Å²) < 4.78 is 19.5. The summed E-state index contributed by atoms with van der Waals surface area (Å²) in [4.78, 5) is 24.3. The Morgan fingerprint density at radius 3 is 2.52 bits per heavy atom. The molecule has 3 N–H and O–H groups in total. The van der Waals surface area contributed by atoms with E-state index in [1.54, 1.807) is 13.0 Å². The molecule has 0 aromatic heterocycles. The summed E-state index contributed by atoms with van der Waals surface area (Å²) in [6.07, 6.45) is 0.949. The Morgan fingerprint density at radius 2 is 1.96 bits per heavy atom. The van der Waals surface area contributed by atoms with E-state index in [0.717, 1.165) is 5.56 Å². The van der Waals surface area contributed by atoms with Crippen molar-refractivity contribution in [2.24, 2.45) is 17.6 Å². The third-order valence-electron chi connectivity index (χ3n) is 4.98. The first-order valence-corrected chi connectivity index (χ1v) is 8.24. The van der Waals surface area contributed by atoms with Crippen LogP contribution in [-0.2, 0) is 14.3 Å². The maximum atomic E-state index is 13.7. The van der Waals surface area contributed by atoms with Crippen LogP contribution in [0.1, 0.15) is 18.4 Å². The number of hydrogen-bond acceptors (Lipinski definition) is 3. The highest BCUT2D eigenvalue weighted by molar-refractivity contribution is 5.96. The number of nitrogens with one attached hydrogen (secondary N) is 1. The Hall–Kier alpha value is -2.63. The smallest absolute Gasteiger partial charge is 0.244 e. The third-order valence-corrected chi connectivity index (χ3v) is 4.98. The molecule has 1 aliphatic carbocycles. The average Bonchev–Trinajstić information content (AvgIpc) is 2.99. The molecule has 0 saturated carbocycles. The fourth-order valence-corrected chi connectivity index (χ4v) is 3.74. The number of benzene rings is 1. The van der Waals surface area contributed by atoms with Gasteiger partial charge in [0.2, 0.25) is 11.8 Å². The largest absolute Gasteiger partial charge is 0.490 e. The zero-order chi connectivity index (χ0) is 18.1. The van der Waals surface area contributed by atoms with Gasteiger partial charge in [0, 0.05) is 24.1 Å². The van der Waals surface area contributed by atoms with Crippen molar-refractivity contribution in [3.63, 3.8) is 0 Å². The van der Waals surface area contributed by atoms with Crippen molar-refractivity contribution >= 4 is 11.8 Å². The van der Waals surface area contributed by atoms with Crippen LogP contribution >= 0.6 is 0 Å². The van der Waals surface area contributed by atoms with Crippen LogP contribution in [0, 0.1) is 11.8 Å². The molecular formula is C19H21FN2O3. The maximum absolute atomic E-state index is 13.7. The van der Waals surface area contributed by atoms with E-state index in [-0.39, 0.29) is 11.8 Å². The van der Waals surface area contributed by atoms with Gasteiger partial charge in [-0.3, -0.25) is 9.59 Å². The van der Waals surface area contributed by atoms with Crippen molar-refractivity contribution < 1.29 is 18.7 Å². The summed E-state index contributed by atoms with van der Waals surface area (Å²) in [6.45, 7) is 1.06. The van der Waals surface area contributed by atoms with E-state index in [1.165, 1.54) is 7.05 Å². The SMILES string of the molecule is CNC(=O)C1C2=C(C=C(C(N)=O)C1C)[C@H](c1ccccc1)C(CF)O2. The molecule has 2 aliphatic rings. The van der Waals surface area contributed by atoms with Gasteiger partial charge < -0.3 is 15.8 Å². The predicted molar refractivity (Wildman–Crippen MR) is 91.1 cm³/mol. The van der Waals surface area contributed by atoms with E-state index >= 15 is 0 Å². The maximum Gasteiger partial charge on any atom is 0.244 e.